The number of pyridine rings is 2. The van der Waals surface area contributed by atoms with E-state index in [1.807, 2.05) is 36.4 Å². The predicted molar refractivity (Wildman–Crippen MR) is 141 cm³/mol. The lowest BCUT2D eigenvalue weighted by atomic mass is 9.95. The summed E-state index contributed by atoms with van der Waals surface area (Å²) < 4.78 is 1.21. The fourth-order valence-electron chi connectivity index (χ4n) is 4.45. The Bertz CT molecular complexity index is 1700. The summed E-state index contributed by atoms with van der Waals surface area (Å²) in [7, 11) is 0. The van der Waals surface area contributed by atoms with Gasteiger partial charge in [0.05, 0.1) is 23.1 Å². The highest BCUT2D eigenvalue weighted by molar-refractivity contribution is 7.17. The standard InChI is InChI=1S/C29H21N3OS/c30-15-18-10-12-20(13-11-18)27-22(19-6-2-1-3-7-19)14-23-28(32-27)24(16-31-29(23)33)25-17-34-26-9-5-4-8-21(25)26/h1-14,16-17H,15,30H2,(H,31,33)/p+1. The van der Waals surface area contributed by atoms with E-state index in [0.29, 0.717) is 10.9 Å². The number of hydrogen-bond donors (Lipinski definition) is 2. The van der Waals surface area contributed by atoms with Gasteiger partial charge in [-0.3, -0.25) is 4.79 Å². The Morgan fingerprint density at radius 2 is 1.56 bits per heavy atom. The Morgan fingerprint density at radius 3 is 2.35 bits per heavy atom. The highest BCUT2D eigenvalue weighted by Gasteiger charge is 2.18. The van der Waals surface area contributed by atoms with Crippen molar-refractivity contribution in [2.45, 2.75) is 6.54 Å². The van der Waals surface area contributed by atoms with Crippen molar-refractivity contribution in [2.24, 2.45) is 0 Å². The van der Waals surface area contributed by atoms with Crippen molar-refractivity contribution in [3.05, 3.63) is 112 Å². The first-order valence-corrected chi connectivity index (χ1v) is 12.1. The topological polar surface area (TPSA) is 73.4 Å². The van der Waals surface area contributed by atoms with Crippen LogP contribution in [0.1, 0.15) is 5.56 Å². The molecule has 0 saturated carbocycles. The summed E-state index contributed by atoms with van der Waals surface area (Å²) in [5, 5.41) is 3.90. The molecule has 0 atom stereocenters. The number of aromatic nitrogens is 2. The maximum atomic E-state index is 13.0. The summed E-state index contributed by atoms with van der Waals surface area (Å²) in [6.07, 6.45) is 1.80. The van der Waals surface area contributed by atoms with Crippen LogP contribution >= 0.6 is 11.3 Å². The SMILES string of the molecule is [NH3+]Cc1ccc(-c2nc3c(-c4csc5ccccc45)c[nH]c(=O)c3cc2-c2ccccc2)cc1. The van der Waals surface area contributed by atoms with Gasteiger partial charge < -0.3 is 10.7 Å². The molecule has 3 aromatic carbocycles. The molecule has 0 saturated heterocycles. The third-order valence-electron chi connectivity index (χ3n) is 6.24. The molecule has 4 N–H and O–H groups in total. The molecular weight excluding hydrogens is 438 g/mol. The fraction of sp³-hybridized carbons (Fsp3) is 0.0345. The molecule has 3 heterocycles. The first-order chi connectivity index (χ1) is 16.7. The van der Waals surface area contributed by atoms with E-state index >= 15 is 0 Å². The minimum Gasteiger partial charge on any atom is -0.354 e. The van der Waals surface area contributed by atoms with Gasteiger partial charge in [0.15, 0.2) is 0 Å². The van der Waals surface area contributed by atoms with Crippen LogP contribution in [0.15, 0.2) is 101 Å². The van der Waals surface area contributed by atoms with Crippen molar-refractivity contribution >= 4 is 32.3 Å². The number of nitrogens with one attached hydrogen (secondary N) is 1. The molecule has 0 aliphatic heterocycles. The normalized spacial score (nSPS) is 11.3. The first kappa shape index (κ1) is 20.5. The summed E-state index contributed by atoms with van der Waals surface area (Å²) in [4.78, 5) is 21.1. The van der Waals surface area contributed by atoms with Crippen LogP contribution in [0.4, 0.5) is 0 Å². The molecule has 3 aromatic heterocycles. The Kier molecular flexibility index (Phi) is 5.06. The molecule has 6 aromatic rings. The Labute approximate surface area is 200 Å². The third kappa shape index (κ3) is 3.43. The van der Waals surface area contributed by atoms with Gasteiger partial charge >= 0.3 is 0 Å². The summed E-state index contributed by atoms with van der Waals surface area (Å²) in [6.45, 7) is 0.738. The van der Waals surface area contributed by atoms with Gasteiger partial charge in [-0.05, 0) is 23.1 Å². The van der Waals surface area contributed by atoms with Crippen molar-refractivity contribution in [1.82, 2.24) is 9.97 Å². The van der Waals surface area contributed by atoms with E-state index in [4.69, 9.17) is 4.98 Å². The van der Waals surface area contributed by atoms with Crippen LogP contribution < -0.4 is 11.3 Å². The molecule has 0 spiro atoms. The molecule has 0 fully saturated rings. The van der Waals surface area contributed by atoms with Gasteiger partial charge in [-0.15, -0.1) is 11.3 Å². The van der Waals surface area contributed by atoms with Crippen LogP contribution in [0.5, 0.6) is 0 Å². The van der Waals surface area contributed by atoms with E-state index in [0.717, 1.165) is 45.4 Å². The van der Waals surface area contributed by atoms with Gasteiger partial charge in [0.1, 0.15) is 0 Å². The van der Waals surface area contributed by atoms with Crippen LogP contribution in [-0.4, -0.2) is 9.97 Å². The lowest BCUT2D eigenvalue weighted by molar-refractivity contribution is -0.386. The molecule has 5 heteroatoms. The molecule has 164 valence electrons. The van der Waals surface area contributed by atoms with E-state index in [1.165, 1.54) is 10.3 Å². The molecule has 0 radical (unpaired) electrons. The van der Waals surface area contributed by atoms with Gasteiger partial charge in [-0.1, -0.05) is 72.8 Å². The summed E-state index contributed by atoms with van der Waals surface area (Å²) >= 11 is 1.70. The lowest BCUT2D eigenvalue weighted by Gasteiger charge is -2.13. The van der Waals surface area contributed by atoms with Crippen molar-refractivity contribution in [3.8, 4) is 33.5 Å². The number of aromatic amines is 1. The van der Waals surface area contributed by atoms with Crippen molar-refractivity contribution in [3.63, 3.8) is 0 Å². The second-order valence-corrected chi connectivity index (χ2v) is 9.18. The zero-order valence-corrected chi connectivity index (χ0v) is 19.2. The smallest absolute Gasteiger partial charge is 0.257 e. The molecule has 4 nitrogen and oxygen atoms in total. The monoisotopic (exact) mass is 460 g/mol. The fourth-order valence-corrected chi connectivity index (χ4v) is 5.42. The Hall–Kier alpha value is -4.06. The lowest BCUT2D eigenvalue weighted by Crippen LogP contribution is -2.47. The Morgan fingerprint density at radius 1 is 0.794 bits per heavy atom. The number of H-pyrrole nitrogens is 1. The largest absolute Gasteiger partial charge is 0.354 e. The van der Waals surface area contributed by atoms with Gasteiger partial charge in [-0.25, -0.2) is 4.98 Å². The number of quaternary nitrogens is 1. The van der Waals surface area contributed by atoms with Crippen molar-refractivity contribution < 1.29 is 5.73 Å². The van der Waals surface area contributed by atoms with Crippen LogP contribution in [0.2, 0.25) is 0 Å². The molecule has 0 aliphatic carbocycles. The van der Waals surface area contributed by atoms with Crippen LogP contribution in [0.25, 0.3) is 54.5 Å². The highest BCUT2D eigenvalue weighted by atomic mass is 32.1. The van der Waals surface area contributed by atoms with Crippen molar-refractivity contribution in [2.75, 3.05) is 0 Å². The van der Waals surface area contributed by atoms with Gasteiger partial charge in [0.2, 0.25) is 0 Å². The molecule has 34 heavy (non-hydrogen) atoms. The quantitative estimate of drug-likeness (QED) is 0.345. The number of hydrogen-bond acceptors (Lipinski definition) is 3. The number of fused-ring (bicyclic) bond motifs is 2. The second-order valence-electron chi connectivity index (χ2n) is 8.27. The highest BCUT2D eigenvalue weighted by Crippen LogP contribution is 2.39. The predicted octanol–water partition coefficient (Wildman–Crippen LogP) is 5.88. The van der Waals surface area contributed by atoms with Crippen LogP contribution in [0, 0.1) is 0 Å². The van der Waals surface area contributed by atoms with Gasteiger partial charge in [0, 0.05) is 44.1 Å². The molecule has 0 unspecified atom stereocenters. The van der Waals surface area contributed by atoms with Crippen molar-refractivity contribution in [1.29, 1.82) is 0 Å². The average molecular weight is 461 g/mol. The van der Waals surface area contributed by atoms with Crippen LogP contribution in [0.3, 0.4) is 0 Å². The number of rotatable bonds is 4. The maximum absolute atomic E-state index is 13.0. The first-order valence-electron chi connectivity index (χ1n) is 11.2. The minimum absolute atomic E-state index is 0.137. The zero-order chi connectivity index (χ0) is 23.1. The van der Waals surface area contributed by atoms with E-state index in [9.17, 15) is 4.79 Å². The molecule has 0 aliphatic rings. The van der Waals surface area contributed by atoms with Gasteiger partial charge in [-0.2, -0.15) is 0 Å². The Balaban J connectivity index is 1.68. The maximum Gasteiger partial charge on any atom is 0.257 e. The van der Waals surface area contributed by atoms with Crippen LogP contribution in [-0.2, 0) is 6.54 Å². The average Bonchev–Trinajstić information content (AvgIpc) is 3.33. The molecule has 0 amide bonds. The number of nitrogens with zero attached hydrogens (tertiary/aromatic N) is 1. The molecular formula is C29H22N3OS+. The number of thiophene rings is 1. The minimum atomic E-state index is -0.137. The third-order valence-corrected chi connectivity index (χ3v) is 7.21. The van der Waals surface area contributed by atoms with E-state index in [1.54, 1.807) is 17.5 Å². The molecule has 6 rings (SSSR count). The summed E-state index contributed by atoms with van der Waals surface area (Å²) in [5.41, 5.74) is 11.6. The van der Waals surface area contributed by atoms with E-state index in [2.05, 4.69) is 64.6 Å². The summed E-state index contributed by atoms with van der Waals surface area (Å²) in [6, 6.07) is 28.8. The molecule has 0 bridgehead atoms. The van der Waals surface area contributed by atoms with E-state index in [-0.39, 0.29) is 5.56 Å². The second kappa shape index (κ2) is 8.37. The van der Waals surface area contributed by atoms with Gasteiger partial charge in [0.25, 0.3) is 5.56 Å². The number of benzene rings is 3. The zero-order valence-electron chi connectivity index (χ0n) is 18.4. The summed E-state index contributed by atoms with van der Waals surface area (Å²) in [5.74, 6) is 0. The van der Waals surface area contributed by atoms with E-state index < -0.39 is 0 Å².